The Morgan fingerprint density at radius 3 is 2.92 bits per heavy atom. The van der Waals surface area contributed by atoms with E-state index in [1.165, 1.54) is 17.6 Å². The molecule has 8 heteroatoms. The summed E-state index contributed by atoms with van der Waals surface area (Å²) in [5.41, 5.74) is 5.50. The van der Waals surface area contributed by atoms with Crippen LogP contribution in [0.5, 0.6) is 11.5 Å². The zero-order valence-corrected chi connectivity index (χ0v) is 15.4. The molecule has 1 aromatic carbocycles. The molecule has 0 saturated heterocycles. The summed E-state index contributed by atoms with van der Waals surface area (Å²) in [7, 11) is 1.58. The van der Waals surface area contributed by atoms with Crippen LogP contribution in [0, 0.1) is 13.8 Å². The Bertz CT molecular complexity index is 786. The van der Waals surface area contributed by atoms with E-state index in [2.05, 4.69) is 15.5 Å². The molecule has 2 aromatic rings. The summed E-state index contributed by atoms with van der Waals surface area (Å²) >= 11 is 1.33. The fourth-order valence-corrected chi connectivity index (χ4v) is 2.88. The highest BCUT2D eigenvalue weighted by Crippen LogP contribution is 2.31. The first-order valence-corrected chi connectivity index (χ1v) is 8.60. The number of hydrazone groups is 1. The second-order valence-electron chi connectivity index (χ2n) is 5.28. The van der Waals surface area contributed by atoms with E-state index < -0.39 is 0 Å². The molecule has 7 nitrogen and oxygen atoms in total. The molecule has 1 aromatic heterocycles. The Morgan fingerprint density at radius 2 is 2.24 bits per heavy atom. The lowest BCUT2D eigenvalue weighted by Gasteiger charge is -2.11. The van der Waals surface area contributed by atoms with Gasteiger partial charge in [-0.3, -0.25) is 10.2 Å². The molecule has 0 radical (unpaired) electrons. The highest BCUT2D eigenvalue weighted by atomic mass is 32.1. The van der Waals surface area contributed by atoms with Crippen molar-refractivity contribution in [3.05, 3.63) is 33.8 Å². The number of aromatic hydroxyl groups is 1. The number of esters is 1. The van der Waals surface area contributed by atoms with Crippen LogP contribution in [0.4, 0.5) is 5.13 Å². The van der Waals surface area contributed by atoms with Gasteiger partial charge in [-0.25, -0.2) is 4.98 Å². The molecule has 0 aliphatic heterocycles. The molecule has 0 amide bonds. The van der Waals surface area contributed by atoms with Gasteiger partial charge >= 0.3 is 5.97 Å². The van der Waals surface area contributed by atoms with Crippen LogP contribution in [0.1, 0.15) is 29.3 Å². The number of phenols is 1. The van der Waals surface area contributed by atoms with Gasteiger partial charge in [0.1, 0.15) is 11.5 Å². The number of carbonyl (C=O) groups is 1. The van der Waals surface area contributed by atoms with Crippen molar-refractivity contribution in [3.8, 4) is 11.5 Å². The SMILES string of the molecule is CCOC(=O)Cc1csc(NN=Cc2c(C)c(OC)cc(C)c2O)n1. The number of anilines is 1. The molecule has 0 aliphatic rings. The Morgan fingerprint density at radius 1 is 1.48 bits per heavy atom. The number of benzene rings is 1. The molecule has 25 heavy (non-hydrogen) atoms. The third kappa shape index (κ3) is 4.69. The molecule has 2 rings (SSSR count). The number of phenolic OH excluding ortho intramolecular Hbond substituents is 1. The quantitative estimate of drug-likeness (QED) is 0.446. The van der Waals surface area contributed by atoms with Crippen molar-refractivity contribution >= 4 is 28.7 Å². The summed E-state index contributed by atoms with van der Waals surface area (Å²) in [5, 5.41) is 16.6. The first-order chi connectivity index (χ1) is 12.0. The van der Waals surface area contributed by atoms with E-state index >= 15 is 0 Å². The summed E-state index contributed by atoms with van der Waals surface area (Å²) in [4.78, 5) is 15.7. The number of aryl methyl sites for hydroxylation is 1. The number of hydrogen-bond donors (Lipinski definition) is 2. The normalized spacial score (nSPS) is 10.9. The summed E-state index contributed by atoms with van der Waals surface area (Å²) < 4.78 is 10.2. The summed E-state index contributed by atoms with van der Waals surface area (Å²) in [5.74, 6) is 0.531. The predicted molar refractivity (Wildman–Crippen MR) is 97.8 cm³/mol. The number of methoxy groups -OCH3 is 1. The second kappa shape index (κ2) is 8.48. The number of nitrogens with zero attached hydrogens (tertiary/aromatic N) is 2. The molecule has 0 unspecified atom stereocenters. The minimum Gasteiger partial charge on any atom is -0.507 e. The highest BCUT2D eigenvalue weighted by Gasteiger charge is 2.12. The fourth-order valence-electron chi connectivity index (χ4n) is 2.22. The molecule has 0 saturated carbocycles. The number of ether oxygens (including phenoxy) is 2. The van der Waals surface area contributed by atoms with Gasteiger partial charge in [0.2, 0.25) is 5.13 Å². The monoisotopic (exact) mass is 363 g/mol. The number of aromatic nitrogens is 1. The van der Waals surface area contributed by atoms with Crippen molar-refractivity contribution in [1.82, 2.24) is 4.98 Å². The van der Waals surface area contributed by atoms with Crippen molar-refractivity contribution in [2.24, 2.45) is 5.10 Å². The number of carbonyl (C=O) groups excluding carboxylic acids is 1. The standard InChI is InChI=1S/C17H21N3O4S/c1-5-24-15(21)7-12-9-25-17(19-12)20-18-8-13-11(3)14(23-4)6-10(2)16(13)22/h6,8-9,22H,5,7H2,1-4H3,(H,19,20). The molecule has 1 heterocycles. The number of thiazole rings is 1. The van der Waals surface area contributed by atoms with Crippen molar-refractivity contribution in [3.63, 3.8) is 0 Å². The molecule has 2 N–H and O–H groups in total. The average molecular weight is 363 g/mol. The zero-order valence-electron chi connectivity index (χ0n) is 14.6. The molecule has 0 aliphatic carbocycles. The highest BCUT2D eigenvalue weighted by molar-refractivity contribution is 7.13. The first-order valence-electron chi connectivity index (χ1n) is 7.72. The van der Waals surface area contributed by atoms with E-state index in [0.29, 0.717) is 34.3 Å². The number of rotatable bonds is 7. The smallest absolute Gasteiger partial charge is 0.311 e. The van der Waals surface area contributed by atoms with Crippen LogP contribution in [0.15, 0.2) is 16.5 Å². The maximum atomic E-state index is 11.4. The molecule has 134 valence electrons. The lowest BCUT2D eigenvalue weighted by atomic mass is 10.0. The maximum Gasteiger partial charge on any atom is 0.311 e. The van der Waals surface area contributed by atoms with E-state index in [4.69, 9.17) is 9.47 Å². The Kier molecular flexibility index (Phi) is 6.35. The van der Waals surface area contributed by atoms with Crippen LogP contribution in [0.3, 0.4) is 0 Å². The zero-order chi connectivity index (χ0) is 18.4. The largest absolute Gasteiger partial charge is 0.507 e. The third-order valence-electron chi connectivity index (χ3n) is 3.51. The Balaban J connectivity index is 2.08. The van der Waals surface area contributed by atoms with Gasteiger partial charge in [0.15, 0.2) is 0 Å². The predicted octanol–water partition coefficient (Wildman–Crippen LogP) is 3.03. The van der Waals surface area contributed by atoms with Gasteiger partial charge in [-0.15, -0.1) is 11.3 Å². The van der Waals surface area contributed by atoms with Crippen LogP contribution in [-0.4, -0.2) is 36.0 Å². The molecule has 0 bridgehead atoms. The van der Waals surface area contributed by atoms with Crippen LogP contribution >= 0.6 is 11.3 Å². The molecule has 0 fully saturated rings. The van der Waals surface area contributed by atoms with E-state index in [0.717, 1.165) is 5.56 Å². The number of hydrogen-bond acceptors (Lipinski definition) is 8. The summed E-state index contributed by atoms with van der Waals surface area (Å²) in [6.07, 6.45) is 1.65. The summed E-state index contributed by atoms with van der Waals surface area (Å²) in [6, 6.07) is 1.78. The molecule has 0 spiro atoms. The van der Waals surface area contributed by atoms with Gasteiger partial charge in [-0.2, -0.15) is 5.10 Å². The van der Waals surface area contributed by atoms with E-state index in [-0.39, 0.29) is 18.1 Å². The first kappa shape index (κ1) is 18.7. The van der Waals surface area contributed by atoms with Crippen molar-refractivity contribution < 1.29 is 19.4 Å². The maximum absolute atomic E-state index is 11.4. The lowest BCUT2D eigenvalue weighted by Crippen LogP contribution is -2.07. The van der Waals surface area contributed by atoms with Gasteiger partial charge in [-0.1, -0.05) is 0 Å². The van der Waals surface area contributed by atoms with Crippen molar-refractivity contribution in [1.29, 1.82) is 0 Å². The van der Waals surface area contributed by atoms with Crippen LogP contribution in [0.2, 0.25) is 0 Å². The van der Waals surface area contributed by atoms with Crippen LogP contribution < -0.4 is 10.2 Å². The fraction of sp³-hybridized carbons (Fsp3) is 0.353. The third-order valence-corrected chi connectivity index (χ3v) is 4.30. The van der Waals surface area contributed by atoms with Gasteiger partial charge in [-0.05, 0) is 32.4 Å². The number of nitrogens with one attached hydrogen (secondary N) is 1. The molecular formula is C17H21N3O4S. The van der Waals surface area contributed by atoms with Gasteiger partial charge in [0.25, 0.3) is 0 Å². The Hall–Kier alpha value is -2.61. The van der Waals surface area contributed by atoms with Crippen molar-refractivity contribution in [2.75, 3.05) is 19.1 Å². The van der Waals surface area contributed by atoms with Crippen LogP contribution in [0.25, 0.3) is 0 Å². The van der Waals surface area contributed by atoms with Gasteiger partial charge < -0.3 is 14.6 Å². The van der Waals surface area contributed by atoms with E-state index in [1.807, 2.05) is 6.92 Å². The van der Waals surface area contributed by atoms with E-state index in [9.17, 15) is 9.90 Å². The van der Waals surface area contributed by atoms with Crippen molar-refractivity contribution in [2.45, 2.75) is 27.2 Å². The lowest BCUT2D eigenvalue weighted by molar-refractivity contribution is -0.142. The second-order valence-corrected chi connectivity index (χ2v) is 6.14. The van der Waals surface area contributed by atoms with Gasteiger partial charge in [0.05, 0.1) is 32.0 Å². The Labute approximate surface area is 150 Å². The van der Waals surface area contributed by atoms with Crippen LogP contribution in [-0.2, 0) is 16.0 Å². The molecular weight excluding hydrogens is 342 g/mol. The topological polar surface area (TPSA) is 93.0 Å². The van der Waals surface area contributed by atoms with E-state index in [1.54, 1.807) is 32.4 Å². The van der Waals surface area contributed by atoms with Gasteiger partial charge in [0, 0.05) is 16.5 Å². The molecule has 0 atom stereocenters. The minimum absolute atomic E-state index is 0.130. The average Bonchev–Trinajstić information content (AvgIpc) is 3.01. The minimum atomic E-state index is -0.310. The summed E-state index contributed by atoms with van der Waals surface area (Å²) in [6.45, 7) is 5.75.